The predicted octanol–water partition coefficient (Wildman–Crippen LogP) is 1.32. The Bertz CT molecular complexity index is 457. The zero-order chi connectivity index (χ0) is 11.3. The summed E-state index contributed by atoms with van der Waals surface area (Å²) in [7, 11) is -3.45. The van der Waals surface area contributed by atoms with E-state index in [2.05, 4.69) is 10.6 Å². The van der Waals surface area contributed by atoms with Gasteiger partial charge in [-0.05, 0) is 30.5 Å². The lowest BCUT2D eigenvalue weighted by Crippen LogP contribution is -2.23. The fraction of sp³-hybridized carbons (Fsp3) is 0.200. The fourth-order valence-corrected chi connectivity index (χ4v) is 2.32. The Hall–Kier alpha value is -0.960. The van der Waals surface area contributed by atoms with Crippen LogP contribution in [0.3, 0.4) is 0 Å². The Kier molecular flexibility index (Phi) is 4.21. The van der Waals surface area contributed by atoms with Crippen molar-refractivity contribution in [2.75, 3.05) is 12.8 Å². The van der Waals surface area contributed by atoms with Crippen LogP contribution >= 0.6 is 11.8 Å². The Balaban J connectivity index is 2.92. The van der Waals surface area contributed by atoms with Crippen LogP contribution in [-0.4, -0.2) is 21.2 Å². The first-order valence-corrected chi connectivity index (χ1v) is 6.88. The summed E-state index contributed by atoms with van der Waals surface area (Å²) in [6.45, 7) is 0.00656. The number of sulfonamides is 1. The van der Waals surface area contributed by atoms with Crippen molar-refractivity contribution >= 4 is 21.8 Å². The Labute approximate surface area is 94.3 Å². The van der Waals surface area contributed by atoms with Gasteiger partial charge in [0, 0.05) is 4.90 Å². The molecule has 1 rings (SSSR count). The van der Waals surface area contributed by atoms with E-state index in [-0.39, 0.29) is 11.4 Å². The SMILES string of the molecule is C#CCNS(=O)(=O)c1ccc(SC)cc1. The number of hydrogen-bond acceptors (Lipinski definition) is 3. The lowest BCUT2D eigenvalue weighted by atomic mass is 10.4. The molecule has 0 fully saturated rings. The van der Waals surface area contributed by atoms with E-state index in [9.17, 15) is 8.42 Å². The van der Waals surface area contributed by atoms with Crippen LogP contribution < -0.4 is 4.72 Å². The summed E-state index contributed by atoms with van der Waals surface area (Å²) in [6, 6.07) is 6.64. The summed E-state index contributed by atoms with van der Waals surface area (Å²) < 4.78 is 25.4. The van der Waals surface area contributed by atoms with Crippen molar-refractivity contribution in [2.45, 2.75) is 9.79 Å². The van der Waals surface area contributed by atoms with Gasteiger partial charge in [-0.15, -0.1) is 18.2 Å². The molecule has 80 valence electrons. The summed E-state index contributed by atoms with van der Waals surface area (Å²) in [5, 5.41) is 0. The van der Waals surface area contributed by atoms with Crippen LogP contribution in [-0.2, 0) is 10.0 Å². The van der Waals surface area contributed by atoms with Crippen LogP contribution in [0.15, 0.2) is 34.1 Å². The second kappa shape index (κ2) is 5.21. The first kappa shape index (κ1) is 12.1. The molecule has 0 aromatic heterocycles. The van der Waals surface area contributed by atoms with E-state index in [1.807, 2.05) is 6.26 Å². The van der Waals surface area contributed by atoms with Crippen molar-refractivity contribution < 1.29 is 8.42 Å². The molecule has 5 heteroatoms. The van der Waals surface area contributed by atoms with E-state index in [1.54, 1.807) is 36.0 Å². The molecule has 0 heterocycles. The third-order valence-electron chi connectivity index (χ3n) is 1.73. The molecule has 0 aliphatic heterocycles. The lowest BCUT2D eigenvalue weighted by Gasteiger charge is -2.04. The van der Waals surface area contributed by atoms with Gasteiger partial charge in [-0.2, -0.15) is 4.72 Å². The highest BCUT2D eigenvalue weighted by Crippen LogP contribution is 2.17. The van der Waals surface area contributed by atoms with E-state index < -0.39 is 10.0 Å². The summed E-state index contributed by atoms with van der Waals surface area (Å²) in [6.07, 6.45) is 6.91. The first-order valence-electron chi connectivity index (χ1n) is 4.17. The smallest absolute Gasteiger partial charge is 0.207 e. The lowest BCUT2D eigenvalue weighted by molar-refractivity contribution is 0.586. The average Bonchev–Trinajstić information content (AvgIpc) is 2.26. The molecule has 15 heavy (non-hydrogen) atoms. The molecule has 0 aliphatic carbocycles. The molecule has 1 N–H and O–H groups in total. The van der Waals surface area contributed by atoms with Crippen molar-refractivity contribution in [3.05, 3.63) is 24.3 Å². The monoisotopic (exact) mass is 241 g/mol. The van der Waals surface area contributed by atoms with Gasteiger partial charge in [0.1, 0.15) is 0 Å². The number of rotatable bonds is 4. The zero-order valence-corrected chi connectivity index (χ0v) is 9.86. The second-order valence-electron chi connectivity index (χ2n) is 2.70. The van der Waals surface area contributed by atoms with Gasteiger partial charge in [-0.25, -0.2) is 8.42 Å². The molecule has 0 saturated carbocycles. The van der Waals surface area contributed by atoms with E-state index in [0.29, 0.717) is 0 Å². The van der Waals surface area contributed by atoms with E-state index in [0.717, 1.165) is 4.90 Å². The molecule has 0 atom stereocenters. The van der Waals surface area contributed by atoms with Gasteiger partial charge in [0.2, 0.25) is 10.0 Å². The summed E-state index contributed by atoms with van der Waals surface area (Å²) in [4.78, 5) is 1.25. The van der Waals surface area contributed by atoms with Gasteiger partial charge >= 0.3 is 0 Å². The first-order chi connectivity index (χ1) is 7.10. The quantitative estimate of drug-likeness (QED) is 0.639. The molecule has 0 bridgehead atoms. The van der Waals surface area contributed by atoms with E-state index in [4.69, 9.17) is 6.42 Å². The van der Waals surface area contributed by atoms with Crippen molar-refractivity contribution in [1.82, 2.24) is 4.72 Å². The van der Waals surface area contributed by atoms with Crippen molar-refractivity contribution in [3.63, 3.8) is 0 Å². The topological polar surface area (TPSA) is 46.2 Å². The van der Waals surface area contributed by atoms with Gasteiger partial charge in [0.15, 0.2) is 0 Å². The summed E-state index contributed by atoms with van der Waals surface area (Å²) >= 11 is 1.56. The Morgan fingerprint density at radius 1 is 1.40 bits per heavy atom. The third-order valence-corrected chi connectivity index (χ3v) is 3.89. The maximum Gasteiger partial charge on any atom is 0.241 e. The maximum atomic E-state index is 11.6. The summed E-state index contributed by atoms with van der Waals surface area (Å²) in [5.74, 6) is 2.22. The third kappa shape index (κ3) is 3.27. The zero-order valence-electron chi connectivity index (χ0n) is 8.23. The molecule has 0 amide bonds. The molecular formula is C10H11NO2S2. The average molecular weight is 241 g/mol. The molecular weight excluding hydrogens is 230 g/mol. The van der Waals surface area contributed by atoms with Gasteiger partial charge in [-0.1, -0.05) is 5.92 Å². The number of nitrogens with one attached hydrogen (secondary N) is 1. The molecule has 3 nitrogen and oxygen atoms in total. The van der Waals surface area contributed by atoms with Crippen molar-refractivity contribution in [3.8, 4) is 12.3 Å². The molecule has 1 aromatic carbocycles. The van der Waals surface area contributed by atoms with Crippen molar-refractivity contribution in [1.29, 1.82) is 0 Å². The molecule has 0 saturated heterocycles. The van der Waals surface area contributed by atoms with Crippen LogP contribution in [0.1, 0.15) is 0 Å². The second-order valence-corrected chi connectivity index (χ2v) is 5.35. The molecule has 0 spiro atoms. The number of terminal acetylenes is 1. The highest BCUT2D eigenvalue weighted by Gasteiger charge is 2.11. The standard InChI is InChI=1S/C10H11NO2S2/c1-3-8-11-15(12,13)10-6-4-9(14-2)5-7-10/h1,4-7,11H,8H2,2H3. The summed E-state index contributed by atoms with van der Waals surface area (Å²) in [5.41, 5.74) is 0. The fourth-order valence-electron chi connectivity index (χ4n) is 0.975. The minimum absolute atomic E-state index is 0.00656. The molecule has 1 aromatic rings. The number of benzene rings is 1. The minimum Gasteiger partial charge on any atom is -0.207 e. The van der Waals surface area contributed by atoms with Crippen LogP contribution in [0, 0.1) is 12.3 Å². The van der Waals surface area contributed by atoms with E-state index in [1.165, 1.54) is 0 Å². The largest absolute Gasteiger partial charge is 0.241 e. The molecule has 0 aliphatic rings. The van der Waals surface area contributed by atoms with E-state index >= 15 is 0 Å². The van der Waals surface area contributed by atoms with Crippen LogP contribution in [0.2, 0.25) is 0 Å². The number of thioether (sulfide) groups is 1. The van der Waals surface area contributed by atoms with Crippen LogP contribution in [0.4, 0.5) is 0 Å². The van der Waals surface area contributed by atoms with Gasteiger partial charge in [0.05, 0.1) is 11.4 Å². The number of hydrogen-bond donors (Lipinski definition) is 1. The van der Waals surface area contributed by atoms with Gasteiger partial charge < -0.3 is 0 Å². The van der Waals surface area contributed by atoms with Crippen LogP contribution in [0.25, 0.3) is 0 Å². The highest BCUT2D eigenvalue weighted by atomic mass is 32.2. The van der Waals surface area contributed by atoms with Crippen LogP contribution in [0.5, 0.6) is 0 Å². The normalized spacial score (nSPS) is 10.9. The van der Waals surface area contributed by atoms with Gasteiger partial charge in [0.25, 0.3) is 0 Å². The maximum absolute atomic E-state index is 11.6. The minimum atomic E-state index is -3.45. The highest BCUT2D eigenvalue weighted by molar-refractivity contribution is 7.98. The molecule has 0 radical (unpaired) electrons. The van der Waals surface area contributed by atoms with Gasteiger partial charge in [-0.3, -0.25) is 0 Å². The predicted molar refractivity (Wildman–Crippen MR) is 62.2 cm³/mol. The Morgan fingerprint density at radius 3 is 2.47 bits per heavy atom. The van der Waals surface area contributed by atoms with Crippen molar-refractivity contribution in [2.24, 2.45) is 0 Å². The molecule has 0 unspecified atom stereocenters. The Morgan fingerprint density at radius 2 is 2.00 bits per heavy atom.